The van der Waals surface area contributed by atoms with Crippen LogP contribution < -0.4 is 10.6 Å². The summed E-state index contributed by atoms with van der Waals surface area (Å²) in [5.41, 5.74) is 0.650. The molecule has 0 aromatic heterocycles. The zero-order chi connectivity index (χ0) is 17.9. The van der Waals surface area contributed by atoms with E-state index in [1.54, 1.807) is 19.2 Å². The number of nitrogens with one attached hydrogen (secondary N) is 2. The van der Waals surface area contributed by atoms with Crippen LogP contribution in [0.1, 0.15) is 25.3 Å². The van der Waals surface area contributed by atoms with Gasteiger partial charge in [-0.15, -0.1) is 0 Å². The minimum Gasteiger partial charge on any atom is -0.356 e. The van der Waals surface area contributed by atoms with Crippen molar-refractivity contribution in [2.45, 2.75) is 26.3 Å². The Balaban J connectivity index is 1.56. The minimum atomic E-state index is -0.186. The van der Waals surface area contributed by atoms with E-state index in [1.807, 2.05) is 6.07 Å². The highest BCUT2D eigenvalue weighted by molar-refractivity contribution is 5.79. The van der Waals surface area contributed by atoms with E-state index < -0.39 is 0 Å². The molecule has 0 bridgehead atoms. The molecule has 0 radical (unpaired) electrons. The number of hydrogen-bond donors (Lipinski definition) is 2. The highest BCUT2D eigenvalue weighted by Crippen LogP contribution is 2.05. The molecule has 1 aliphatic heterocycles. The van der Waals surface area contributed by atoms with Crippen LogP contribution in [0.3, 0.4) is 0 Å². The number of guanidine groups is 1. The zero-order valence-corrected chi connectivity index (χ0v) is 15.6. The Morgan fingerprint density at radius 1 is 1.08 bits per heavy atom. The summed E-state index contributed by atoms with van der Waals surface area (Å²) in [7, 11) is 1.74. The molecular formula is C19H32FN5. The number of halogens is 1. The molecule has 0 aliphatic carbocycles. The molecule has 2 rings (SSSR count). The molecule has 0 atom stereocenters. The predicted molar refractivity (Wildman–Crippen MR) is 102 cm³/mol. The quantitative estimate of drug-likeness (QED) is 0.427. The summed E-state index contributed by atoms with van der Waals surface area (Å²) in [4.78, 5) is 9.25. The van der Waals surface area contributed by atoms with Crippen LogP contribution in [-0.4, -0.2) is 68.6 Å². The van der Waals surface area contributed by atoms with Gasteiger partial charge in [0.25, 0.3) is 0 Å². The van der Waals surface area contributed by atoms with Gasteiger partial charge in [-0.1, -0.05) is 25.1 Å². The van der Waals surface area contributed by atoms with Crippen molar-refractivity contribution in [1.82, 2.24) is 20.4 Å². The van der Waals surface area contributed by atoms with Gasteiger partial charge in [0.05, 0.1) is 0 Å². The molecule has 140 valence electrons. The average molecular weight is 349 g/mol. The largest absolute Gasteiger partial charge is 0.356 e. The fourth-order valence-electron chi connectivity index (χ4n) is 3.04. The number of hydrogen-bond acceptors (Lipinski definition) is 3. The maximum absolute atomic E-state index is 13.6. The molecule has 1 aromatic carbocycles. The summed E-state index contributed by atoms with van der Waals surface area (Å²) in [5, 5.41) is 6.46. The second-order valence-electron chi connectivity index (χ2n) is 6.43. The Bertz CT molecular complexity index is 526. The lowest BCUT2D eigenvalue weighted by molar-refractivity contribution is 0.136. The number of unbranched alkanes of at least 4 members (excludes halogenated alkanes) is 1. The first-order valence-electron chi connectivity index (χ1n) is 9.35. The normalized spacial score (nSPS) is 16.8. The van der Waals surface area contributed by atoms with Crippen LogP contribution in [0.15, 0.2) is 29.3 Å². The third-order valence-electron chi connectivity index (χ3n) is 4.73. The van der Waals surface area contributed by atoms with Crippen molar-refractivity contribution in [3.63, 3.8) is 0 Å². The number of rotatable bonds is 8. The van der Waals surface area contributed by atoms with Crippen LogP contribution in [0, 0.1) is 5.82 Å². The Morgan fingerprint density at radius 2 is 1.80 bits per heavy atom. The number of aliphatic imine (C=N–C) groups is 1. The Labute approximate surface area is 151 Å². The van der Waals surface area contributed by atoms with E-state index in [4.69, 9.17) is 0 Å². The lowest BCUT2D eigenvalue weighted by atomic mass is 10.2. The van der Waals surface area contributed by atoms with Gasteiger partial charge < -0.3 is 20.4 Å². The highest BCUT2D eigenvalue weighted by atomic mass is 19.1. The first-order chi connectivity index (χ1) is 12.2. The van der Waals surface area contributed by atoms with Gasteiger partial charge in [0, 0.05) is 51.9 Å². The molecule has 1 saturated heterocycles. The van der Waals surface area contributed by atoms with Gasteiger partial charge in [0.1, 0.15) is 5.82 Å². The molecule has 1 heterocycles. The fourth-order valence-corrected chi connectivity index (χ4v) is 3.04. The van der Waals surface area contributed by atoms with Gasteiger partial charge in [0.15, 0.2) is 5.96 Å². The van der Waals surface area contributed by atoms with Gasteiger partial charge in [-0.3, -0.25) is 4.99 Å². The summed E-state index contributed by atoms with van der Waals surface area (Å²) in [6.07, 6.45) is 2.29. The van der Waals surface area contributed by atoms with Gasteiger partial charge in [0.2, 0.25) is 0 Å². The lowest BCUT2D eigenvalue weighted by Gasteiger charge is -2.34. The van der Waals surface area contributed by atoms with E-state index in [-0.39, 0.29) is 5.82 Å². The molecule has 25 heavy (non-hydrogen) atoms. The highest BCUT2D eigenvalue weighted by Gasteiger charge is 2.14. The van der Waals surface area contributed by atoms with Crippen molar-refractivity contribution in [1.29, 1.82) is 0 Å². The second kappa shape index (κ2) is 11.1. The summed E-state index contributed by atoms with van der Waals surface area (Å²) >= 11 is 0. The van der Waals surface area contributed by atoms with Crippen molar-refractivity contribution in [3.05, 3.63) is 35.6 Å². The Hall–Kier alpha value is -1.66. The molecule has 6 heteroatoms. The second-order valence-corrected chi connectivity index (χ2v) is 6.43. The molecule has 0 saturated carbocycles. The molecular weight excluding hydrogens is 317 g/mol. The predicted octanol–water partition coefficient (Wildman–Crippen LogP) is 1.91. The standard InChI is InChI=1S/C19H32FN5/c1-3-24-12-14-25(15-13-24)11-7-6-10-22-19(21-2)23-16-17-8-4-5-9-18(17)20/h4-5,8-9H,3,6-7,10-16H2,1-2H3,(H2,21,22,23). The van der Waals surface area contributed by atoms with E-state index in [0.717, 1.165) is 25.5 Å². The van der Waals surface area contributed by atoms with Crippen LogP contribution in [0.2, 0.25) is 0 Å². The van der Waals surface area contributed by atoms with Crippen molar-refractivity contribution in [3.8, 4) is 0 Å². The van der Waals surface area contributed by atoms with Crippen molar-refractivity contribution < 1.29 is 4.39 Å². The van der Waals surface area contributed by atoms with Crippen LogP contribution in [0.25, 0.3) is 0 Å². The third-order valence-corrected chi connectivity index (χ3v) is 4.73. The molecule has 5 nitrogen and oxygen atoms in total. The molecule has 0 amide bonds. The molecule has 0 spiro atoms. The summed E-state index contributed by atoms with van der Waals surface area (Å²) in [6, 6.07) is 6.81. The minimum absolute atomic E-state index is 0.186. The topological polar surface area (TPSA) is 42.9 Å². The first-order valence-corrected chi connectivity index (χ1v) is 9.35. The van der Waals surface area contributed by atoms with Gasteiger partial charge in [-0.2, -0.15) is 0 Å². The maximum atomic E-state index is 13.6. The summed E-state index contributed by atoms with van der Waals surface area (Å²) in [6.45, 7) is 10.6. The van der Waals surface area contributed by atoms with Crippen LogP contribution >= 0.6 is 0 Å². The number of nitrogens with zero attached hydrogens (tertiary/aromatic N) is 3. The number of benzene rings is 1. The first kappa shape index (κ1) is 19.7. The summed E-state index contributed by atoms with van der Waals surface area (Å²) in [5.74, 6) is 0.536. The van der Waals surface area contributed by atoms with Crippen molar-refractivity contribution in [2.75, 3.05) is 52.9 Å². The van der Waals surface area contributed by atoms with E-state index in [1.165, 1.54) is 45.2 Å². The van der Waals surface area contributed by atoms with Gasteiger partial charge in [-0.05, 0) is 32.0 Å². The molecule has 1 aliphatic rings. The average Bonchev–Trinajstić information content (AvgIpc) is 2.65. The molecule has 2 N–H and O–H groups in total. The van der Waals surface area contributed by atoms with E-state index >= 15 is 0 Å². The van der Waals surface area contributed by atoms with Gasteiger partial charge in [-0.25, -0.2) is 4.39 Å². The van der Waals surface area contributed by atoms with Crippen LogP contribution in [0.4, 0.5) is 4.39 Å². The van der Waals surface area contributed by atoms with Crippen LogP contribution in [-0.2, 0) is 6.54 Å². The molecule has 1 aromatic rings. The zero-order valence-electron chi connectivity index (χ0n) is 15.6. The SMILES string of the molecule is CCN1CCN(CCCCNC(=NC)NCc2ccccc2F)CC1. The lowest BCUT2D eigenvalue weighted by Crippen LogP contribution is -2.46. The molecule has 1 fully saturated rings. The third kappa shape index (κ3) is 7.00. The smallest absolute Gasteiger partial charge is 0.191 e. The number of likely N-dealkylation sites (N-methyl/N-ethyl adjacent to an activating group) is 1. The fraction of sp³-hybridized carbons (Fsp3) is 0.632. The van der Waals surface area contributed by atoms with E-state index in [9.17, 15) is 4.39 Å². The monoisotopic (exact) mass is 349 g/mol. The maximum Gasteiger partial charge on any atom is 0.191 e. The Kier molecular flexibility index (Phi) is 8.69. The number of piperazine rings is 1. The van der Waals surface area contributed by atoms with Gasteiger partial charge >= 0.3 is 0 Å². The van der Waals surface area contributed by atoms with Crippen molar-refractivity contribution in [2.24, 2.45) is 4.99 Å². The molecule has 0 unspecified atom stereocenters. The van der Waals surface area contributed by atoms with E-state index in [2.05, 4.69) is 32.3 Å². The van der Waals surface area contributed by atoms with E-state index in [0.29, 0.717) is 12.1 Å². The Morgan fingerprint density at radius 3 is 2.48 bits per heavy atom. The summed E-state index contributed by atoms with van der Waals surface area (Å²) < 4.78 is 13.6. The van der Waals surface area contributed by atoms with Crippen molar-refractivity contribution >= 4 is 5.96 Å². The van der Waals surface area contributed by atoms with Crippen LogP contribution in [0.5, 0.6) is 0 Å².